The van der Waals surface area contributed by atoms with Gasteiger partial charge in [0.15, 0.2) is 0 Å². The lowest BCUT2D eigenvalue weighted by Gasteiger charge is -2.32. The van der Waals surface area contributed by atoms with Crippen LogP contribution < -0.4 is 11.5 Å². The van der Waals surface area contributed by atoms with Gasteiger partial charge in [0.1, 0.15) is 0 Å². The molecule has 5 heteroatoms. The first-order valence-corrected chi connectivity index (χ1v) is 7.83. The van der Waals surface area contributed by atoms with Gasteiger partial charge in [0.2, 0.25) is 0 Å². The number of carbonyl (C=O) groups is 1. The number of piperidine rings is 1. The van der Waals surface area contributed by atoms with E-state index in [0.29, 0.717) is 23.0 Å². The Kier molecular flexibility index (Phi) is 4.01. The van der Waals surface area contributed by atoms with E-state index in [1.54, 1.807) is 18.2 Å². The third-order valence-corrected chi connectivity index (χ3v) is 4.66. The maximum Gasteiger partial charge on any atom is 0.256 e. The van der Waals surface area contributed by atoms with Crippen molar-refractivity contribution in [1.29, 1.82) is 0 Å². The first kappa shape index (κ1) is 14.2. The molecule has 2 saturated heterocycles. The van der Waals surface area contributed by atoms with Crippen LogP contribution in [0.25, 0.3) is 0 Å². The molecule has 0 aromatic heterocycles. The summed E-state index contributed by atoms with van der Waals surface area (Å²) in [6.07, 6.45) is 4.99. The Morgan fingerprint density at radius 2 is 1.86 bits per heavy atom. The van der Waals surface area contributed by atoms with E-state index in [1.807, 2.05) is 4.90 Å². The van der Waals surface area contributed by atoms with Gasteiger partial charge in [-0.15, -0.1) is 0 Å². The second-order valence-electron chi connectivity index (χ2n) is 6.14. The van der Waals surface area contributed by atoms with Crippen molar-refractivity contribution >= 4 is 17.3 Å². The minimum atomic E-state index is 0.0343. The summed E-state index contributed by atoms with van der Waals surface area (Å²) in [4.78, 5) is 17.1. The molecule has 0 saturated carbocycles. The summed E-state index contributed by atoms with van der Waals surface area (Å²) in [5, 5.41) is 0. The summed E-state index contributed by atoms with van der Waals surface area (Å²) < 4.78 is 0. The fourth-order valence-corrected chi connectivity index (χ4v) is 3.45. The Morgan fingerprint density at radius 3 is 2.57 bits per heavy atom. The van der Waals surface area contributed by atoms with Crippen molar-refractivity contribution in [1.82, 2.24) is 9.80 Å². The minimum Gasteiger partial charge on any atom is -0.399 e. The molecule has 0 radical (unpaired) electrons. The number of hydrogen-bond donors (Lipinski definition) is 2. The van der Waals surface area contributed by atoms with Crippen molar-refractivity contribution in [2.45, 2.75) is 31.7 Å². The Bertz CT molecular complexity index is 525. The highest BCUT2D eigenvalue weighted by Crippen LogP contribution is 2.24. The summed E-state index contributed by atoms with van der Waals surface area (Å²) in [6, 6.07) is 5.65. The predicted molar refractivity (Wildman–Crippen MR) is 85.0 cm³/mol. The number of hydrogen-bond acceptors (Lipinski definition) is 4. The van der Waals surface area contributed by atoms with Crippen LogP contribution in [0.5, 0.6) is 0 Å². The third-order valence-electron chi connectivity index (χ3n) is 4.66. The molecule has 1 aromatic carbocycles. The van der Waals surface area contributed by atoms with E-state index in [1.165, 1.54) is 32.4 Å². The molecular weight excluding hydrogens is 264 g/mol. The van der Waals surface area contributed by atoms with Crippen LogP contribution in [0, 0.1) is 0 Å². The van der Waals surface area contributed by atoms with Crippen LogP contribution in [-0.2, 0) is 0 Å². The van der Waals surface area contributed by atoms with Crippen molar-refractivity contribution in [2.24, 2.45) is 0 Å². The molecule has 2 heterocycles. The highest BCUT2D eigenvalue weighted by atomic mass is 16.2. The van der Waals surface area contributed by atoms with E-state index in [0.717, 1.165) is 19.5 Å². The first-order valence-electron chi connectivity index (χ1n) is 7.83. The zero-order valence-corrected chi connectivity index (χ0v) is 12.4. The predicted octanol–water partition coefficient (Wildman–Crippen LogP) is 1.55. The van der Waals surface area contributed by atoms with Gasteiger partial charge >= 0.3 is 0 Å². The van der Waals surface area contributed by atoms with Gasteiger partial charge in [0.25, 0.3) is 5.91 Å². The van der Waals surface area contributed by atoms with Crippen molar-refractivity contribution in [3.8, 4) is 0 Å². The van der Waals surface area contributed by atoms with Crippen molar-refractivity contribution < 1.29 is 4.79 Å². The van der Waals surface area contributed by atoms with Crippen LogP contribution in [0.2, 0.25) is 0 Å². The highest BCUT2D eigenvalue weighted by Gasteiger charge is 2.31. The monoisotopic (exact) mass is 288 g/mol. The molecule has 0 spiro atoms. The Balaban J connectivity index is 1.66. The van der Waals surface area contributed by atoms with E-state index < -0.39 is 0 Å². The maximum absolute atomic E-state index is 12.6. The standard InChI is InChI=1S/C16H24N4O/c17-12-4-5-14(15(18)10-12)16(21)20-9-6-13(11-20)19-7-2-1-3-8-19/h4-5,10,13H,1-3,6-9,11,17-18H2. The van der Waals surface area contributed by atoms with Gasteiger partial charge in [-0.25, -0.2) is 0 Å². The van der Waals surface area contributed by atoms with Crippen LogP contribution in [-0.4, -0.2) is 47.9 Å². The molecule has 1 aromatic rings. The molecule has 2 aliphatic heterocycles. The maximum atomic E-state index is 12.6. The average Bonchev–Trinajstić information content (AvgIpc) is 2.97. The molecule has 1 amide bonds. The second-order valence-corrected chi connectivity index (χ2v) is 6.14. The van der Waals surface area contributed by atoms with Gasteiger partial charge in [0.05, 0.1) is 5.56 Å². The van der Waals surface area contributed by atoms with E-state index >= 15 is 0 Å². The molecule has 5 nitrogen and oxygen atoms in total. The SMILES string of the molecule is Nc1ccc(C(=O)N2CCC(N3CCCCC3)C2)c(N)c1. The number of nitrogens with zero attached hydrogens (tertiary/aromatic N) is 2. The summed E-state index contributed by atoms with van der Waals surface area (Å²) in [5.41, 5.74) is 13.3. The van der Waals surface area contributed by atoms with Crippen LogP contribution in [0.1, 0.15) is 36.0 Å². The van der Waals surface area contributed by atoms with E-state index in [2.05, 4.69) is 4.90 Å². The van der Waals surface area contributed by atoms with Gasteiger partial charge in [-0.1, -0.05) is 6.42 Å². The molecular formula is C16H24N4O. The van der Waals surface area contributed by atoms with Gasteiger partial charge in [-0.3, -0.25) is 9.69 Å². The van der Waals surface area contributed by atoms with Gasteiger partial charge < -0.3 is 16.4 Å². The van der Waals surface area contributed by atoms with Crippen molar-refractivity contribution in [3.63, 3.8) is 0 Å². The summed E-state index contributed by atoms with van der Waals surface area (Å²) >= 11 is 0. The molecule has 21 heavy (non-hydrogen) atoms. The van der Waals surface area contributed by atoms with Crippen LogP contribution in [0.4, 0.5) is 11.4 Å². The smallest absolute Gasteiger partial charge is 0.256 e. The molecule has 4 N–H and O–H groups in total. The number of nitrogen functional groups attached to an aromatic ring is 2. The quantitative estimate of drug-likeness (QED) is 0.810. The lowest BCUT2D eigenvalue weighted by Crippen LogP contribution is -2.41. The lowest BCUT2D eigenvalue weighted by atomic mass is 10.1. The molecule has 1 unspecified atom stereocenters. The first-order chi connectivity index (χ1) is 10.1. The zero-order chi connectivity index (χ0) is 14.8. The topological polar surface area (TPSA) is 75.6 Å². The molecule has 3 rings (SSSR count). The number of amides is 1. The normalized spacial score (nSPS) is 23.4. The number of rotatable bonds is 2. The Hall–Kier alpha value is -1.75. The van der Waals surface area contributed by atoms with Crippen molar-refractivity contribution in [2.75, 3.05) is 37.6 Å². The summed E-state index contributed by atoms with van der Waals surface area (Å²) in [6.45, 7) is 4.00. The highest BCUT2D eigenvalue weighted by molar-refractivity contribution is 5.99. The molecule has 0 bridgehead atoms. The van der Waals surface area contributed by atoms with Crippen molar-refractivity contribution in [3.05, 3.63) is 23.8 Å². The summed E-state index contributed by atoms with van der Waals surface area (Å²) in [5.74, 6) is 0.0343. The minimum absolute atomic E-state index is 0.0343. The zero-order valence-electron chi connectivity index (χ0n) is 12.4. The fraction of sp³-hybridized carbons (Fsp3) is 0.562. The molecule has 2 fully saturated rings. The largest absolute Gasteiger partial charge is 0.399 e. The van der Waals surface area contributed by atoms with E-state index in [4.69, 9.17) is 11.5 Å². The van der Waals surface area contributed by atoms with E-state index in [9.17, 15) is 4.79 Å². The molecule has 2 aliphatic rings. The number of benzene rings is 1. The Labute approximate surface area is 125 Å². The number of likely N-dealkylation sites (tertiary alicyclic amines) is 2. The third kappa shape index (κ3) is 2.97. The molecule has 0 aliphatic carbocycles. The van der Waals surface area contributed by atoms with Gasteiger partial charge in [0, 0.05) is 30.5 Å². The number of carbonyl (C=O) groups excluding carboxylic acids is 1. The average molecular weight is 288 g/mol. The van der Waals surface area contributed by atoms with Crippen LogP contribution in [0.15, 0.2) is 18.2 Å². The lowest BCUT2D eigenvalue weighted by molar-refractivity contribution is 0.0772. The Morgan fingerprint density at radius 1 is 1.10 bits per heavy atom. The van der Waals surface area contributed by atoms with Crippen LogP contribution >= 0.6 is 0 Å². The summed E-state index contributed by atoms with van der Waals surface area (Å²) in [7, 11) is 0. The van der Waals surface area contributed by atoms with Crippen LogP contribution in [0.3, 0.4) is 0 Å². The van der Waals surface area contributed by atoms with E-state index in [-0.39, 0.29) is 5.91 Å². The number of anilines is 2. The van der Waals surface area contributed by atoms with Gasteiger partial charge in [-0.05, 0) is 50.6 Å². The van der Waals surface area contributed by atoms with Gasteiger partial charge in [-0.2, -0.15) is 0 Å². The second kappa shape index (κ2) is 5.93. The molecule has 1 atom stereocenters. The number of nitrogens with two attached hydrogens (primary N) is 2. The molecule has 114 valence electrons. The fourth-order valence-electron chi connectivity index (χ4n) is 3.45.